The fourth-order valence-electron chi connectivity index (χ4n) is 3.84. The number of nitrogens with one attached hydrogen (secondary N) is 1. The number of para-hydroxylation sites is 2. The van der Waals surface area contributed by atoms with E-state index < -0.39 is 6.17 Å². The van der Waals surface area contributed by atoms with Crippen LogP contribution in [0.3, 0.4) is 0 Å². The van der Waals surface area contributed by atoms with E-state index in [0.717, 1.165) is 27.5 Å². The van der Waals surface area contributed by atoms with Crippen molar-refractivity contribution >= 4 is 40.1 Å². The maximum absolute atomic E-state index is 13.3. The molecule has 0 saturated heterocycles. The Balaban J connectivity index is 1.58. The highest BCUT2D eigenvalue weighted by Gasteiger charge is 2.35. The van der Waals surface area contributed by atoms with Crippen LogP contribution in [0.2, 0.25) is 5.02 Å². The lowest BCUT2D eigenvalue weighted by atomic mass is 10.1. The number of amidine groups is 1. The summed E-state index contributed by atoms with van der Waals surface area (Å²) < 4.78 is 5.87. The average molecular weight is 477 g/mol. The minimum Gasteiger partial charge on any atom is -0.493 e. The quantitative estimate of drug-likeness (QED) is 0.608. The van der Waals surface area contributed by atoms with Crippen molar-refractivity contribution in [2.45, 2.75) is 18.8 Å². The Bertz CT molecular complexity index is 1370. The number of nitrogens with zero attached hydrogens (tertiary/aromatic N) is 3. The maximum atomic E-state index is 13.3. The zero-order chi connectivity index (χ0) is 22.8. The van der Waals surface area contributed by atoms with Gasteiger partial charge in [-0.1, -0.05) is 78.0 Å². The van der Waals surface area contributed by atoms with Crippen LogP contribution in [0.25, 0.3) is 5.70 Å². The maximum Gasteiger partial charge on any atom is 0.276 e. The van der Waals surface area contributed by atoms with Crippen LogP contribution in [-0.4, -0.2) is 22.7 Å². The van der Waals surface area contributed by atoms with Crippen molar-refractivity contribution in [2.75, 3.05) is 6.61 Å². The van der Waals surface area contributed by atoms with Crippen molar-refractivity contribution in [2.24, 2.45) is 10.1 Å². The van der Waals surface area contributed by atoms with Crippen molar-refractivity contribution in [1.82, 2.24) is 10.3 Å². The number of rotatable bonds is 5. The predicted octanol–water partition coefficient (Wildman–Crippen LogP) is 3.82. The van der Waals surface area contributed by atoms with Gasteiger partial charge in [-0.15, -0.1) is 5.10 Å². The van der Waals surface area contributed by atoms with Crippen molar-refractivity contribution in [3.63, 3.8) is 0 Å². The first-order chi connectivity index (χ1) is 16.2. The monoisotopic (exact) mass is 476 g/mol. The van der Waals surface area contributed by atoms with Crippen LogP contribution in [0, 0.1) is 0 Å². The van der Waals surface area contributed by atoms with Gasteiger partial charge in [-0.2, -0.15) is 0 Å². The molecule has 2 aliphatic heterocycles. The van der Waals surface area contributed by atoms with E-state index >= 15 is 0 Å². The Labute approximate surface area is 200 Å². The van der Waals surface area contributed by atoms with E-state index in [4.69, 9.17) is 26.4 Å². The number of benzene rings is 3. The molecule has 1 N–H and O–H groups in total. The first-order valence-electron chi connectivity index (χ1n) is 10.6. The van der Waals surface area contributed by atoms with Gasteiger partial charge in [0, 0.05) is 21.6 Å². The summed E-state index contributed by atoms with van der Waals surface area (Å²) in [6.07, 6.45) is -0.528. The largest absolute Gasteiger partial charge is 0.493 e. The zero-order valence-electron chi connectivity index (χ0n) is 17.9. The van der Waals surface area contributed by atoms with Crippen molar-refractivity contribution in [1.29, 1.82) is 0 Å². The molecule has 0 aliphatic carbocycles. The standard InChI is InChI=1S/C25H21ClN4O2S/c1-2-32-21-14-8-5-11-18(21)23-27-20-13-7-4-10-17(20)22-24(31)28-25(29-30(22)23)33-15-16-9-3-6-12-19(16)26/h3-14,23H,2,15H2,1H3,(H,28,29,31)/t23-/m1/s1. The molecule has 1 amide bonds. The highest BCUT2D eigenvalue weighted by atomic mass is 35.5. The van der Waals surface area contributed by atoms with Gasteiger partial charge in [0.1, 0.15) is 11.4 Å². The molecule has 5 rings (SSSR count). The Morgan fingerprint density at radius 2 is 1.82 bits per heavy atom. The van der Waals surface area contributed by atoms with Crippen LogP contribution in [0.4, 0.5) is 0 Å². The van der Waals surface area contributed by atoms with Crippen LogP contribution in [-0.2, 0) is 10.5 Å². The molecule has 0 spiro atoms. The Hall–Kier alpha value is -3.29. The molecule has 1 atom stereocenters. The fraction of sp³-hybridized carbons (Fsp3) is 0.160. The third-order valence-electron chi connectivity index (χ3n) is 5.33. The molecule has 0 unspecified atom stereocenters. The summed E-state index contributed by atoms with van der Waals surface area (Å²) in [5.41, 5.74) is 2.29. The summed E-state index contributed by atoms with van der Waals surface area (Å²) >= 11 is 7.73. The minimum atomic E-state index is -0.528. The molecule has 6 nitrogen and oxygen atoms in total. The second-order valence-corrected chi connectivity index (χ2v) is 8.79. The second-order valence-electron chi connectivity index (χ2n) is 7.42. The number of fused-ring (bicyclic) bond motifs is 2. The first kappa shape index (κ1) is 21.6. The van der Waals surface area contributed by atoms with Gasteiger partial charge in [0.05, 0.1) is 12.0 Å². The van der Waals surface area contributed by atoms with Gasteiger partial charge in [-0.25, -0.2) is 5.01 Å². The molecule has 0 bridgehead atoms. The molecule has 166 valence electrons. The average Bonchev–Trinajstić information content (AvgIpc) is 2.83. The van der Waals surface area contributed by atoms with Crippen molar-refractivity contribution in [3.05, 3.63) is 99.5 Å². The predicted molar refractivity (Wildman–Crippen MR) is 131 cm³/mol. The summed E-state index contributed by atoms with van der Waals surface area (Å²) in [5.74, 6) is 1.09. The van der Waals surface area contributed by atoms with Crippen molar-refractivity contribution < 1.29 is 9.53 Å². The van der Waals surface area contributed by atoms with Gasteiger partial charge in [-0.3, -0.25) is 15.1 Å². The number of carbonyl (C=O) groups excluding carboxylic acids is 1. The first-order valence-corrected chi connectivity index (χ1v) is 12.0. The number of thioether (sulfide) groups is 1. The molecular formula is C25H21ClN4O2S. The van der Waals surface area contributed by atoms with E-state index in [-0.39, 0.29) is 5.91 Å². The molecule has 0 radical (unpaired) electrons. The number of ether oxygens (including phenoxy) is 1. The highest BCUT2D eigenvalue weighted by molar-refractivity contribution is 8.13. The van der Waals surface area contributed by atoms with Gasteiger partial charge >= 0.3 is 0 Å². The van der Waals surface area contributed by atoms with Crippen LogP contribution < -0.4 is 20.6 Å². The molecular weight excluding hydrogens is 456 g/mol. The van der Waals surface area contributed by atoms with E-state index in [1.165, 1.54) is 11.8 Å². The molecule has 0 saturated carbocycles. The lowest BCUT2D eigenvalue weighted by Gasteiger charge is -2.34. The number of halogens is 1. The van der Waals surface area contributed by atoms with Gasteiger partial charge in [-0.05, 0) is 30.7 Å². The van der Waals surface area contributed by atoms with Crippen LogP contribution >= 0.6 is 23.4 Å². The number of carbonyl (C=O) groups is 1. The minimum absolute atomic E-state index is 0.215. The summed E-state index contributed by atoms with van der Waals surface area (Å²) in [6.45, 7) is 2.47. The lowest BCUT2D eigenvalue weighted by molar-refractivity contribution is -0.116. The summed E-state index contributed by atoms with van der Waals surface area (Å²) in [5, 5.41) is 12.1. The second kappa shape index (κ2) is 9.29. The van der Waals surface area contributed by atoms with E-state index in [2.05, 4.69) is 5.32 Å². The summed E-state index contributed by atoms with van der Waals surface area (Å²) in [4.78, 5) is 18.2. The van der Waals surface area contributed by atoms with Gasteiger partial charge in [0.2, 0.25) is 0 Å². The number of amides is 1. The topological polar surface area (TPSA) is 66.3 Å². The van der Waals surface area contributed by atoms with Gasteiger partial charge < -0.3 is 4.74 Å². The third-order valence-corrected chi connectivity index (χ3v) is 6.62. The molecule has 3 aromatic carbocycles. The highest BCUT2D eigenvalue weighted by Crippen LogP contribution is 2.35. The third kappa shape index (κ3) is 4.21. The number of hydrogen-bond donors (Lipinski definition) is 1. The SMILES string of the molecule is CCOc1ccccc1[C@@H]1N=c2ccccc2=C2C(=O)NC(SCc3ccccc3Cl)=NN21. The molecule has 0 fully saturated rings. The molecule has 8 heteroatoms. The van der Waals surface area contributed by atoms with Crippen LogP contribution in [0.15, 0.2) is 82.9 Å². The van der Waals surface area contributed by atoms with Gasteiger partial charge in [0.25, 0.3) is 5.91 Å². The van der Waals surface area contributed by atoms with E-state index in [0.29, 0.717) is 28.2 Å². The van der Waals surface area contributed by atoms with E-state index in [1.54, 1.807) is 5.01 Å². The normalized spacial score (nSPS) is 16.8. The van der Waals surface area contributed by atoms with Crippen LogP contribution in [0.5, 0.6) is 5.75 Å². The molecule has 2 heterocycles. The number of hydrazone groups is 1. The Morgan fingerprint density at radius 1 is 1.06 bits per heavy atom. The molecule has 2 aliphatic rings. The summed E-state index contributed by atoms with van der Waals surface area (Å²) in [6, 6.07) is 23.0. The lowest BCUT2D eigenvalue weighted by Crippen LogP contribution is -2.50. The molecule has 3 aromatic rings. The number of hydrogen-bond acceptors (Lipinski definition) is 6. The summed E-state index contributed by atoms with van der Waals surface area (Å²) in [7, 11) is 0. The smallest absolute Gasteiger partial charge is 0.276 e. The Kier molecular flexibility index (Phi) is 6.07. The van der Waals surface area contributed by atoms with Gasteiger partial charge in [0.15, 0.2) is 11.3 Å². The molecule has 33 heavy (non-hydrogen) atoms. The van der Waals surface area contributed by atoms with Crippen molar-refractivity contribution in [3.8, 4) is 5.75 Å². The van der Waals surface area contributed by atoms with E-state index in [9.17, 15) is 4.79 Å². The molecule has 0 aromatic heterocycles. The zero-order valence-corrected chi connectivity index (χ0v) is 19.4. The Morgan fingerprint density at radius 3 is 2.67 bits per heavy atom. The van der Waals surface area contributed by atoms with E-state index in [1.807, 2.05) is 79.7 Å². The fourth-order valence-corrected chi connectivity index (χ4v) is 4.97. The van der Waals surface area contributed by atoms with Crippen LogP contribution in [0.1, 0.15) is 24.2 Å².